The van der Waals surface area contributed by atoms with Crippen molar-refractivity contribution in [3.63, 3.8) is 0 Å². The lowest BCUT2D eigenvalue weighted by Gasteiger charge is -2.21. The molecule has 2 aromatic rings. The fourth-order valence-corrected chi connectivity index (χ4v) is 2.36. The van der Waals surface area contributed by atoms with Crippen LogP contribution < -0.4 is 0 Å². The molecule has 0 aliphatic carbocycles. The lowest BCUT2D eigenvalue weighted by Crippen LogP contribution is -2.16. The molecule has 0 atom stereocenters. The second kappa shape index (κ2) is 5.72. The SMILES string of the molecule is CC(C)(C)c1cc(C(=O)c2ccccc2C(F)(F)F)ccc1O. The van der Waals surface area contributed by atoms with Crippen molar-refractivity contribution < 1.29 is 23.1 Å². The molecule has 0 radical (unpaired) electrons. The topological polar surface area (TPSA) is 37.3 Å². The molecule has 23 heavy (non-hydrogen) atoms. The van der Waals surface area contributed by atoms with E-state index in [0.29, 0.717) is 5.56 Å². The van der Waals surface area contributed by atoms with Crippen molar-refractivity contribution in [2.45, 2.75) is 32.4 Å². The molecule has 2 aromatic carbocycles. The van der Waals surface area contributed by atoms with Crippen LogP contribution in [-0.2, 0) is 11.6 Å². The molecule has 0 amide bonds. The van der Waals surface area contributed by atoms with Gasteiger partial charge in [-0.3, -0.25) is 4.79 Å². The Labute approximate surface area is 132 Å². The maximum Gasteiger partial charge on any atom is 0.417 e. The predicted octanol–water partition coefficient (Wildman–Crippen LogP) is 4.94. The second-order valence-electron chi connectivity index (χ2n) is 6.35. The Bertz CT molecular complexity index is 741. The number of phenols is 1. The molecular formula is C18H17F3O2. The fraction of sp³-hybridized carbons (Fsp3) is 0.278. The highest BCUT2D eigenvalue weighted by Crippen LogP contribution is 2.35. The van der Waals surface area contributed by atoms with Gasteiger partial charge in [-0.25, -0.2) is 0 Å². The Morgan fingerprint density at radius 2 is 1.57 bits per heavy atom. The standard InChI is InChI=1S/C18H17F3O2/c1-17(2,3)14-10-11(8-9-15(14)22)16(23)12-6-4-5-7-13(12)18(19,20)21/h4-10,22H,1-3H3. The lowest BCUT2D eigenvalue weighted by molar-refractivity contribution is -0.137. The number of benzene rings is 2. The molecule has 0 saturated heterocycles. The smallest absolute Gasteiger partial charge is 0.417 e. The van der Waals surface area contributed by atoms with Crippen LogP contribution >= 0.6 is 0 Å². The third-order valence-corrected chi connectivity index (χ3v) is 3.54. The number of halogens is 3. The van der Waals surface area contributed by atoms with Crippen LogP contribution in [0.5, 0.6) is 5.75 Å². The molecule has 0 aliphatic heterocycles. The van der Waals surface area contributed by atoms with Gasteiger partial charge >= 0.3 is 6.18 Å². The van der Waals surface area contributed by atoms with Crippen molar-refractivity contribution >= 4 is 5.78 Å². The van der Waals surface area contributed by atoms with Crippen LogP contribution in [-0.4, -0.2) is 10.9 Å². The first-order valence-electron chi connectivity index (χ1n) is 7.06. The highest BCUT2D eigenvalue weighted by Gasteiger charge is 2.35. The maximum absolute atomic E-state index is 13.1. The van der Waals surface area contributed by atoms with Gasteiger partial charge in [0.15, 0.2) is 5.78 Å². The summed E-state index contributed by atoms with van der Waals surface area (Å²) in [5.74, 6) is -0.707. The van der Waals surface area contributed by atoms with E-state index in [1.165, 1.54) is 30.3 Å². The number of phenolic OH excluding ortho intramolecular Hbond substituents is 1. The van der Waals surface area contributed by atoms with Gasteiger partial charge in [0.25, 0.3) is 0 Å². The zero-order valence-corrected chi connectivity index (χ0v) is 13.0. The molecular weight excluding hydrogens is 305 g/mol. The lowest BCUT2D eigenvalue weighted by atomic mass is 9.84. The van der Waals surface area contributed by atoms with E-state index < -0.39 is 28.5 Å². The van der Waals surface area contributed by atoms with Gasteiger partial charge in [0.05, 0.1) is 5.56 Å². The summed E-state index contributed by atoms with van der Waals surface area (Å²) in [6.45, 7) is 5.54. The van der Waals surface area contributed by atoms with Crippen LogP contribution in [0, 0.1) is 0 Å². The highest BCUT2D eigenvalue weighted by atomic mass is 19.4. The average Bonchev–Trinajstić information content (AvgIpc) is 2.45. The van der Waals surface area contributed by atoms with E-state index in [2.05, 4.69) is 0 Å². The zero-order valence-electron chi connectivity index (χ0n) is 13.0. The van der Waals surface area contributed by atoms with Crippen molar-refractivity contribution in [2.24, 2.45) is 0 Å². The summed E-state index contributed by atoms with van der Waals surface area (Å²) in [7, 11) is 0. The van der Waals surface area contributed by atoms with E-state index in [1.54, 1.807) is 0 Å². The number of ketones is 1. The summed E-state index contributed by atoms with van der Waals surface area (Å²) in [5.41, 5.74) is -1.18. The van der Waals surface area contributed by atoms with Crippen molar-refractivity contribution in [2.75, 3.05) is 0 Å². The molecule has 0 aromatic heterocycles. The summed E-state index contributed by atoms with van der Waals surface area (Å²) in [5, 5.41) is 9.92. The van der Waals surface area contributed by atoms with E-state index >= 15 is 0 Å². The quantitative estimate of drug-likeness (QED) is 0.795. The normalized spacial score (nSPS) is 12.3. The van der Waals surface area contributed by atoms with Crippen LogP contribution in [0.25, 0.3) is 0 Å². The van der Waals surface area contributed by atoms with Crippen LogP contribution in [0.2, 0.25) is 0 Å². The van der Waals surface area contributed by atoms with Crippen molar-refractivity contribution in [3.8, 4) is 5.75 Å². The molecule has 0 fully saturated rings. The highest BCUT2D eigenvalue weighted by molar-refractivity contribution is 6.10. The van der Waals surface area contributed by atoms with E-state index in [0.717, 1.165) is 12.1 Å². The summed E-state index contributed by atoms with van der Waals surface area (Å²) in [4.78, 5) is 12.5. The molecule has 0 unspecified atom stereocenters. The zero-order chi connectivity index (χ0) is 17.4. The van der Waals surface area contributed by atoms with Gasteiger partial charge in [-0.15, -0.1) is 0 Å². The van der Waals surface area contributed by atoms with E-state index in [9.17, 15) is 23.1 Å². The van der Waals surface area contributed by atoms with Gasteiger partial charge in [-0.1, -0.05) is 39.0 Å². The molecule has 0 saturated carbocycles. The van der Waals surface area contributed by atoms with E-state index in [1.807, 2.05) is 20.8 Å². The van der Waals surface area contributed by atoms with E-state index in [-0.39, 0.29) is 11.3 Å². The van der Waals surface area contributed by atoms with Gasteiger partial charge < -0.3 is 5.11 Å². The number of aromatic hydroxyl groups is 1. The summed E-state index contributed by atoms with van der Waals surface area (Å²) >= 11 is 0. The van der Waals surface area contributed by atoms with Gasteiger partial charge in [-0.05, 0) is 35.2 Å². The molecule has 1 N–H and O–H groups in total. The third-order valence-electron chi connectivity index (χ3n) is 3.54. The number of carbonyl (C=O) groups is 1. The fourth-order valence-electron chi connectivity index (χ4n) is 2.36. The first-order valence-corrected chi connectivity index (χ1v) is 7.06. The average molecular weight is 322 g/mol. The number of alkyl halides is 3. The van der Waals surface area contributed by atoms with Crippen LogP contribution in [0.15, 0.2) is 42.5 Å². The Morgan fingerprint density at radius 1 is 0.957 bits per heavy atom. The van der Waals surface area contributed by atoms with Crippen LogP contribution in [0.4, 0.5) is 13.2 Å². The summed E-state index contributed by atoms with van der Waals surface area (Å²) in [6.07, 6.45) is -4.60. The number of hydrogen-bond donors (Lipinski definition) is 1. The minimum absolute atomic E-state index is 0.0122. The van der Waals surface area contributed by atoms with Crippen molar-refractivity contribution in [3.05, 3.63) is 64.7 Å². The molecule has 122 valence electrons. The first kappa shape index (κ1) is 17.1. The summed E-state index contributed by atoms with van der Waals surface area (Å²) < 4.78 is 39.2. The third kappa shape index (κ3) is 3.55. The molecule has 2 nitrogen and oxygen atoms in total. The number of rotatable bonds is 2. The van der Waals surface area contributed by atoms with Gasteiger partial charge in [0, 0.05) is 11.1 Å². The monoisotopic (exact) mass is 322 g/mol. The Kier molecular flexibility index (Phi) is 4.24. The first-order chi connectivity index (χ1) is 10.5. The predicted molar refractivity (Wildman–Crippen MR) is 81.7 cm³/mol. The Morgan fingerprint density at radius 3 is 2.13 bits per heavy atom. The molecule has 5 heteroatoms. The molecule has 2 rings (SSSR count). The minimum Gasteiger partial charge on any atom is -0.508 e. The van der Waals surface area contributed by atoms with E-state index in [4.69, 9.17) is 0 Å². The van der Waals surface area contributed by atoms with Gasteiger partial charge in [0.1, 0.15) is 5.75 Å². The summed E-state index contributed by atoms with van der Waals surface area (Å²) in [6, 6.07) is 8.81. The Hall–Kier alpha value is -2.30. The van der Waals surface area contributed by atoms with Gasteiger partial charge in [0.2, 0.25) is 0 Å². The van der Waals surface area contributed by atoms with Crippen LogP contribution in [0.1, 0.15) is 47.8 Å². The molecule has 0 aliphatic rings. The molecule has 0 heterocycles. The van der Waals surface area contributed by atoms with Crippen molar-refractivity contribution in [1.82, 2.24) is 0 Å². The number of hydrogen-bond acceptors (Lipinski definition) is 2. The largest absolute Gasteiger partial charge is 0.508 e. The molecule has 0 bridgehead atoms. The second-order valence-corrected chi connectivity index (χ2v) is 6.35. The van der Waals surface area contributed by atoms with Crippen molar-refractivity contribution in [1.29, 1.82) is 0 Å². The molecule has 0 spiro atoms. The number of carbonyl (C=O) groups excluding carboxylic acids is 1. The minimum atomic E-state index is -4.60. The maximum atomic E-state index is 13.1. The Balaban J connectivity index is 2.55. The van der Waals surface area contributed by atoms with Crippen LogP contribution in [0.3, 0.4) is 0 Å². The van der Waals surface area contributed by atoms with Gasteiger partial charge in [-0.2, -0.15) is 13.2 Å².